The van der Waals surface area contributed by atoms with Crippen molar-refractivity contribution in [2.24, 2.45) is 0 Å². The molecule has 1 fully saturated rings. The second-order valence-electron chi connectivity index (χ2n) is 5.70. The number of aliphatic hydroxyl groups excluding tert-OH is 1. The Labute approximate surface area is 127 Å². The van der Waals surface area contributed by atoms with Crippen LogP contribution < -0.4 is 0 Å². The van der Waals surface area contributed by atoms with E-state index in [4.69, 9.17) is 5.11 Å². The van der Waals surface area contributed by atoms with Crippen molar-refractivity contribution in [3.63, 3.8) is 0 Å². The van der Waals surface area contributed by atoms with Crippen LogP contribution in [-0.4, -0.2) is 53.1 Å². The molecule has 1 N–H and O–H groups in total. The van der Waals surface area contributed by atoms with Crippen molar-refractivity contribution >= 4 is 5.91 Å². The number of carbonyl (C=O) groups is 1. The number of amides is 1. The lowest BCUT2D eigenvalue weighted by Gasteiger charge is -2.31. The molecule has 4 heteroatoms. The number of hydrogen-bond donors (Lipinski definition) is 1. The fraction of sp³-hybridized carbons (Fsp3) is 0.588. The molecule has 116 valence electrons. The third kappa shape index (κ3) is 4.55. The average molecular weight is 290 g/mol. The molecule has 1 aromatic carbocycles. The van der Waals surface area contributed by atoms with Gasteiger partial charge in [-0.2, -0.15) is 0 Å². The summed E-state index contributed by atoms with van der Waals surface area (Å²) in [6.07, 6.45) is 2.33. The van der Waals surface area contributed by atoms with Gasteiger partial charge in [0, 0.05) is 45.2 Å². The molecule has 1 aliphatic heterocycles. The molecule has 1 heterocycles. The van der Waals surface area contributed by atoms with E-state index in [1.165, 1.54) is 5.56 Å². The van der Waals surface area contributed by atoms with E-state index in [0.717, 1.165) is 32.5 Å². The number of benzene rings is 1. The second kappa shape index (κ2) is 8.15. The van der Waals surface area contributed by atoms with Gasteiger partial charge in [0.25, 0.3) is 0 Å². The van der Waals surface area contributed by atoms with Crippen molar-refractivity contribution in [2.75, 3.05) is 26.2 Å². The van der Waals surface area contributed by atoms with Crippen LogP contribution in [0.5, 0.6) is 0 Å². The van der Waals surface area contributed by atoms with E-state index >= 15 is 0 Å². The molecule has 1 atom stereocenters. The molecule has 0 bridgehead atoms. The van der Waals surface area contributed by atoms with E-state index in [0.29, 0.717) is 13.0 Å². The fourth-order valence-corrected chi connectivity index (χ4v) is 2.93. The Morgan fingerprint density at radius 3 is 2.71 bits per heavy atom. The smallest absolute Gasteiger partial charge is 0.224 e. The first kappa shape index (κ1) is 16.0. The van der Waals surface area contributed by atoms with Crippen molar-refractivity contribution in [3.8, 4) is 0 Å². The standard InChI is InChI=1S/C17H26N2O2/c1-2-16-14-18(10-6-12-20)11-9-17(21)19(16)13-15-7-4-3-5-8-15/h3-5,7-8,16,20H,2,6,9-14H2,1H3/t16-/m0/s1. The molecule has 0 radical (unpaired) electrons. The maximum absolute atomic E-state index is 12.5. The summed E-state index contributed by atoms with van der Waals surface area (Å²) in [5.41, 5.74) is 1.19. The van der Waals surface area contributed by atoms with E-state index in [9.17, 15) is 4.79 Å². The Balaban J connectivity index is 2.05. The molecular weight excluding hydrogens is 264 g/mol. The van der Waals surface area contributed by atoms with Crippen molar-refractivity contribution < 1.29 is 9.90 Å². The Morgan fingerprint density at radius 1 is 1.29 bits per heavy atom. The number of aliphatic hydroxyl groups is 1. The van der Waals surface area contributed by atoms with Gasteiger partial charge < -0.3 is 14.9 Å². The zero-order chi connectivity index (χ0) is 15.1. The van der Waals surface area contributed by atoms with Crippen LogP contribution in [-0.2, 0) is 11.3 Å². The molecule has 1 aliphatic rings. The van der Waals surface area contributed by atoms with E-state index in [1.54, 1.807) is 0 Å². The largest absolute Gasteiger partial charge is 0.396 e. The minimum Gasteiger partial charge on any atom is -0.396 e. The number of carbonyl (C=O) groups excluding carboxylic acids is 1. The molecular formula is C17H26N2O2. The zero-order valence-corrected chi connectivity index (χ0v) is 12.9. The summed E-state index contributed by atoms with van der Waals surface area (Å²) in [4.78, 5) is 16.8. The predicted molar refractivity (Wildman–Crippen MR) is 83.8 cm³/mol. The lowest BCUT2D eigenvalue weighted by Crippen LogP contribution is -2.42. The van der Waals surface area contributed by atoms with Gasteiger partial charge in [-0.1, -0.05) is 37.3 Å². The monoisotopic (exact) mass is 290 g/mol. The average Bonchev–Trinajstić information content (AvgIpc) is 2.67. The number of rotatable bonds is 6. The van der Waals surface area contributed by atoms with Gasteiger partial charge >= 0.3 is 0 Å². The molecule has 21 heavy (non-hydrogen) atoms. The highest BCUT2D eigenvalue weighted by atomic mass is 16.3. The molecule has 2 rings (SSSR count). The van der Waals surface area contributed by atoms with Gasteiger partial charge in [-0.05, 0) is 18.4 Å². The normalized spacial score (nSPS) is 20.6. The van der Waals surface area contributed by atoms with Crippen molar-refractivity contribution in [2.45, 2.75) is 38.8 Å². The minimum atomic E-state index is 0.217. The summed E-state index contributed by atoms with van der Waals surface area (Å²) >= 11 is 0. The van der Waals surface area contributed by atoms with Gasteiger partial charge in [0.05, 0.1) is 0 Å². The minimum absolute atomic E-state index is 0.217. The summed E-state index contributed by atoms with van der Waals surface area (Å²) in [5.74, 6) is 0.247. The highest BCUT2D eigenvalue weighted by molar-refractivity contribution is 5.77. The van der Waals surface area contributed by atoms with Crippen LogP contribution in [0.25, 0.3) is 0 Å². The summed E-state index contributed by atoms with van der Waals surface area (Å²) < 4.78 is 0. The summed E-state index contributed by atoms with van der Waals surface area (Å²) in [6, 6.07) is 10.5. The van der Waals surface area contributed by atoms with Crippen LogP contribution in [0.1, 0.15) is 31.7 Å². The Bertz CT molecular complexity index is 436. The van der Waals surface area contributed by atoms with Gasteiger partial charge in [0.2, 0.25) is 5.91 Å². The Hall–Kier alpha value is -1.39. The van der Waals surface area contributed by atoms with Gasteiger partial charge in [-0.15, -0.1) is 0 Å². The highest BCUT2D eigenvalue weighted by Gasteiger charge is 2.28. The molecule has 0 aliphatic carbocycles. The van der Waals surface area contributed by atoms with Crippen LogP contribution in [0.2, 0.25) is 0 Å². The van der Waals surface area contributed by atoms with Crippen molar-refractivity contribution in [3.05, 3.63) is 35.9 Å². The van der Waals surface area contributed by atoms with Crippen molar-refractivity contribution in [1.29, 1.82) is 0 Å². The van der Waals surface area contributed by atoms with E-state index in [1.807, 2.05) is 23.1 Å². The quantitative estimate of drug-likeness (QED) is 0.870. The van der Waals surface area contributed by atoms with Gasteiger partial charge in [-0.25, -0.2) is 0 Å². The SMILES string of the molecule is CC[C@H]1CN(CCCO)CCC(=O)N1Cc1ccccc1. The number of nitrogens with zero attached hydrogens (tertiary/aromatic N) is 2. The van der Waals surface area contributed by atoms with Crippen LogP contribution >= 0.6 is 0 Å². The molecule has 1 aromatic rings. The van der Waals surface area contributed by atoms with Crippen LogP contribution in [0.3, 0.4) is 0 Å². The Morgan fingerprint density at radius 2 is 2.05 bits per heavy atom. The molecule has 0 spiro atoms. The fourth-order valence-electron chi connectivity index (χ4n) is 2.93. The van der Waals surface area contributed by atoms with Crippen molar-refractivity contribution in [1.82, 2.24) is 9.80 Å². The van der Waals surface area contributed by atoms with Gasteiger partial charge in [-0.3, -0.25) is 4.79 Å². The topological polar surface area (TPSA) is 43.8 Å². The summed E-state index contributed by atoms with van der Waals surface area (Å²) in [7, 11) is 0. The Kier molecular flexibility index (Phi) is 6.21. The summed E-state index contributed by atoms with van der Waals surface area (Å²) in [5, 5.41) is 8.99. The molecule has 0 unspecified atom stereocenters. The molecule has 1 amide bonds. The third-order valence-corrected chi connectivity index (χ3v) is 4.17. The first-order valence-corrected chi connectivity index (χ1v) is 7.91. The molecule has 0 aromatic heterocycles. The first-order valence-electron chi connectivity index (χ1n) is 7.91. The lowest BCUT2D eigenvalue weighted by atomic mass is 10.1. The highest BCUT2D eigenvalue weighted by Crippen LogP contribution is 2.17. The molecule has 0 saturated carbocycles. The molecule has 4 nitrogen and oxygen atoms in total. The second-order valence-corrected chi connectivity index (χ2v) is 5.70. The van der Waals surface area contributed by atoms with Crippen LogP contribution in [0, 0.1) is 0 Å². The van der Waals surface area contributed by atoms with Crippen LogP contribution in [0.4, 0.5) is 0 Å². The van der Waals surface area contributed by atoms with E-state index < -0.39 is 0 Å². The molecule has 1 saturated heterocycles. The van der Waals surface area contributed by atoms with E-state index in [-0.39, 0.29) is 18.6 Å². The van der Waals surface area contributed by atoms with Gasteiger partial charge in [0.15, 0.2) is 0 Å². The predicted octanol–water partition coefficient (Wildman–Crippen LogP) is 1.88. The van der Waals surface area contributed by atoms with E-state index in [2.05, 4.69) is 24.0 Å². The van der Waals surface area contributed by atoms with Crippen LogP contribution in [0.15, 0.2) is 30.3 Å². The maximum Gasteiger partial charge on any atom is 0.224 e. The summed E-state index contributed by atoms with van der Waals surface area (Å²) in [6.45, 7) is 5.65. The third-order valence-electron chi connectivity index (χ3n) is 4.17. The zero-order valence-electron chi connectivity index (χ0n) is 12.9. The lowest BCUT2D eigenvalue weighted by molar-refractivity contribution is -0.133. The maximum atomic E-state index is 12.5. The first-order chi connectivity index (χ1) is 10.2. The number of hydrogen-bond acceptors (Lipinski definition) is 3. The van der Waals surface area contributed by atoms with Gasteiger partial charge in [0.1, 0.15) is 0 Å².